The minimum atomic E-state index is -4.52. The molecule has 0 fully saturated rings. The Morgan fingerprint density at radius 1 is 0.852 bits per heavy atom. The first-order chi connectivity index (χ1) is 12.5. The molecule has 0 atom stereocenters. The summed E-state index contributed by atoms with van der Waals surface area (Å²) in [6.07, 6.45) is 0. The fourth-order valence-electron chi connectivity index (χ4n) is 2.66. The number of hydrogen-bond donors (Lipinski definition) is 2. The second-order valence-corrected chi connectivity index (χ2v) is 9.50. The fraction of sp³-hybridized carbons (Fsp3) is 0.111. The minimum Gasteiger partial charge on any atom is -0.507 e. The Hall–Kier alpha value is -2.62. The van der Waals surface area contributed by atoms with E-state index in [9.17, 15) is 26.5 Å². The van der Waals surface area contributed by atoms with Crippen LogP contribution in [-0.2, 0) is 20.1 Å². The molecule has 0 aliphatic rings. The molecule has 0 amide bonds. The molecule has 3 aromatic carbocycles. The van der Waals surface area contributed by atoms with Crippen LogP contribution in [0.2, 0.25) is 0 Å². The van der Waals surface area contributed by atoms with Crippen LogP contribution < -0.4 is 4.31 Å². The second kappa shape index (κ2) is 6.52. The van der Waals surface area contributed by atoms with Crippen LogP contribution in [0.15, 0.2) is 64.4 Å². The zero-order chi connectivity index (χ0) is 20.0. The maximum atomic E-state index is 12.8. The predicted molar refractivity (Wildman–Crippen MR) is 102 cm³/mol. The van der Waals surface area contributed by atoms with Gasteiger partial charge in [0.05, 0.1) is 15.5 Å². The molecule has 142 valence electrons. The average Bonchev–Trinajstić information content (AvgIpc) is 2.60. The normalized spacial score (nSPS) is 12.3. The van der Waals surface area contributed by atoms with Gasteiger partial charge in [-0.2, -0.15) is 8.42 Å². The van der Waals surface area contributed by atoms with E-state index in [0.717, 1.165) is 15.9 Å². The van der Waals surface area contributed by atoms with Crippen molar-refractivity contribution in [2.45, 2.75) is 16.7 Å². The minimum absolute atomic E-state index is 0.116. The van der Waals surface area contributed by atoms with Crippen molar-refractivity contribution in [3.05, 3.63) is 60.2 Å². The number of anilines is 1. The Labute approximate surface area is 157 Å². The maximum absolute atomic E-state index is 12.8. The first-order valence-electron chi connectivity index (χ1n) is 7.80. The molecule has 0 saturated heterocycles. The van der Waals surface area contributed by atoms with E-state index in [2.05, 4.69) is 0 Å². The van der Waals surface area contributed by atoms with Gasteiger partial charge in [0.1, 0.15) is 5.75 Å². The van der Waals surface area contributed by atoms with E-state index in [0.29, 0.717) is 5.39 Å². The zero-order valence-corrected chi connectivity index (χ0v) is 16.1. The van der Waals surface area contributed by atoms with Crippen molar-refractivity contribution in [1.82, 2.24) is 0 Å². The first-order valence-corrected chi connectivity index (χ1v) is 10.7. The highest BCUT2D eigenvalue weighted by molar-refractivity contribution is 7.92. The summed E-state index contributed by atoms with van der Waals surface area (Å²) in [5.41, 5.74) is 1.20. The molecule has 3 rings (SSSR count). The lowest BCUT2D eigenvalue weighted by Gasteiger charge is -2.20. The molecule has 3 aromatic rings. The number of phenolic OH excluding ortho intramolecular Hbond substituents is 1. The van der Waals surface area contributed by atoms with Crippen molar-refractivity contribution >= 4 is 36.6 Å². The maximum Gasteiger partial charge on any atom is 0.294 e. The third-order valence-corrected chi connectivity index (χ3v) is 6.86. The Morgan fingerprint density at radius 2 is 1.48 bits per heavy atom. The number of hydrogen-bond acceptors (Lipinski definition) is 5. The SMILES string of the molecule is Cc1ccc(S(=O)(=O)N(C)c2ccc3c(O)cc(S(=O)(=O)O)cc3c2)cc1. The van der Waals surface area contributed by atoms with Crippen molar-refractivity contribution < 1.29 is 26.5 Å². The summed E-state index contributed by atoms with van der Waals surface area (Å²) in [6.45, 7) is 1.85. The molecular formula is C18H17NO6S2. The van der Waals surface area contributed by atoms with E-state index in [1.165, 1.54) is 43.4 Å². The van der Waals surface area contributed by atoms with E-state index in [1.807, 2.05) is 6.92 Å². The molecule has 0 aromatic heterocycles. The molecule has 0 radical (unpaired) electrons. The second-order valence-electron chi connectivity index (χ2n) is 6.11. The van der Waals surface area contributed by atoms with Crippen LogP contribution in [0.25, 0.3) is 10.8 Å². The number of rotatable bonds is 4. The van der Waals surface area contributed by atoms with E-state index in [1.54, 1.807) is 12.1 Å². The molecule has 0 aliphatic heterocycles. The van der Waals surface area contributed by atoms with Gasteiger partial charge in [0.2, 0.25) is 0 Å². The highest BCUT2D eigenvalue weighted by Gasteiger charge is 2.22. The van der Waals surface area contributed by atoms with Crippen LogP contribution in [0.4, 0.5) is 5.69 Å². The molecule has 7 nitrogen and oxygen atoms in total. The number of nitrogens with zero attached hydrogens (tertiary/aromatic N) is 1. The van der Waals surface area contributed by atoms with Crippen molar-refractivity contribution in [1.29, 1.82) is 0 Å². The molecule has 0 spiro atoms. The average molecular weight is 407 g/mol. The van der Waals surface area contributed by atoms with E-state index >= 15 is 0 Å². The summed E-state index contributed by atoms with van der Waals surface area (Å²) in [4.78, 5) is -0.362. The van der Waals surface area contributed by atoms with Gasteiger partial charge in [-0.25, -0.2) is 8.42 Å². The van der Waals surface area contributed by atoms with Gasteiger partial charge in [-0.1, -0.05) is 17.7 Å². The van der Waals surface area contributed by atoms with Gasteiger partial charge in [-0.05, 0) is 48.7 Å². The summed E-state index contributed by atoms with van der Waals surface area (Å²) in [5, 5.41) is 10.6. The zero-order valence-electron chi connectivity index (χ0n) is 14.5. The molecule has 0 aliphatic carbocycles. The molecular weight excluding hydrogens is 390 g/mol. The highest BCUT2D eigenvalue weighted by Crippen LogP contribution is 2.32. The quantitative estimate of drug-likeness (QED) is 0.643. The van der Waals surface area contributed by atoms with E-state index in [-0.39, 0.29) is 21.7 Å². The van der Waals surface area contributed by atoms with Gasteiger partial charge in [0, 0.05) is 18.5 Å². The molecule has 0 heterocycles. The Balaban J connectivity index is 2.12. The predicted octanol–water partition coefficient (Wildman–Crippen LogP) is 2.93. The van der Waals surface area contributed by atoms with Crippen LogP contribution in [0.1, 0.15) is 5.56 Å². The fourth-order valence-corrected chi connectivity index (χ4v) is 4.39. The van der Waals surface area contributed by atoms with Crippen LogP contribution in [0.5, 0.6) is 5.75 Å². The largest absolute Gasteiger partial charge is 0.507 e. The molecule has 9 heteroatoms. The monoisotopic (exact) mass is 407 g/mol. The van der Waals surface area contributed by atoms with Crippen LogP contribution in [0, 0.1) is 6.92 Å². The van der Waals surface area contributed by atoms with Crippen LogP contribution >= 0.6 is 0 Å². The standard InChI is InChI=1S/C18H17NO6S2/c1-12-3-6-15(7-4-12)26(21,22)19(2)14-5-8-17-13(9-14)10-16(11-18(17)20)27(23,24)25/h3-11,20H,1-2H3,(H,23,24,25). The third kappa shape index (κ3) is 3.61. The van der Waals surface area contributed by atoms with Crippen LogP contribution in [0.3, 0.4) is 0 Å². The summed E-state index contributed by atoms with van der Waals surface area (Å²) < 4.78 is 58.6. The van der Waals surface area contributed by atoms with Crippen molar-refractivity contribution in [3.8, 4) is 5.75 Å². The molecule has 0 saturated carbocycles. The van der Waals surface area contributed by atoms with Gasteiger partial charge < -0.3 is 5.11 Å². The van der Waals surface area contributed by atoms with Crippen molar-refractivity contribution in [2.24, 2.45) is 0 Å². The molecule has 2 N–H and O–H groups in total. The van der Waals surface area contributed by atoms with Crippen molar-refractivity contribution in [3.63, 3.8) is 0 Å². The number of phenols is 1. The molecule has 0 unspecified atom stereocenters. The lowest BCUT2D eigenvalue weighted by molar-refractivity contribution is 0.471. The number of fused-ring (bicyclic) bond motifs is 1. The van der Waals surface area contributed by atoms with Gasteiger partial charge in [0.15, 0.2) is 0 Å². The summed E-state index contributed by atoms with van der Waals surface area (Å²) in [5.74, 6) is -0.337. The smallest absolute Gasteiger partial charge is 0.294 e. The topological polar surface area (TPSA) is 112 Å². The van der Waals surface area contributed by atoms with Gasteiger partial charge in [-0.3, -0.25) is 8.86 Å². The summed E-state index contributed by atoms with van der Waals surface area (Å²) in [6, 6.07) is 12.9. The van der Waals surface area contributed by atoms with Gasteiger partial charge in [-0.15, -0.1) is 0 Å². The third-order valence-electron chi connectivity index (χ3n) is 4.23. The number of benzene rings is 3. The number of aryl methyl sites for hydroxylation is 1. The molecule has 0 bridgehead atoms. The Kier molecular flexibility index (Phi) is 4.62. The van der Waals surface area contributed by atoms with Gasteiger partial charge in [0.25, 0.3) is 20.1 Å². The Morgan fingerprint density at radius 3 is 2.07 bits per heavy atom. The lowest BCUT2D eigenvalue weighted by Crippen LogP contribution is -2.26. The first kappa shape index (κ1) is 19.2. The van der Waals surface area contributed by atoms with E-state index < -0.39 is 25.0 Å². The van der Waals surface area contributed by atoms with Crippen LogP contribution in [-0.4, -0.2) is 33.5 Å². The number of aromatic hydroxyl groups is 1. The molecule has 27 heavy (non-hydrogen) atoms. The lowest BCUT2D eigenvalue weighted by atomic mass is 10.1. The van der Waals surface area contributed by atoms with Gasteiger partial charge >= 0.3 is 0 Å². The highest BCUT2D eigenvalue weighted by atomic mass is 32.2. The summed E-state index contributed by atoms with van der Waals surface area (Å²) >= 11 is 0. The Bertz CT molecular complexity index is 1230. The number of sulfonamides is 1. The van der Waals surface area contributed by atoms with Crippen molar-refractivity contribution in [2.75, 3.05) is 11.4 Å². The van der Waals surface area contributed by atoms with E-state index in [4.69, 9.17) is 0 Å². The summed E-state index contributed by atoms with van der Waals surface area (Å²) in [7, 11) is -6.96.